The van der Waals surface area contributed by atoms with Crippen LogP contribution in [0.2, 0.25) is 15.1 Å². The largest absolute Gasteiger partial charge is 0.505 e. The lowest BCUT2D eigenvalue weighted by Crippen LogP contribution is -2.23. The summed E-state index contributed by atoms with van der Waals surface area (Å²) < 4.78 is 5.71. The highest BCUT2D eigenvalue weighted by atomic mass is 35.5. The lowest BCUT2D eigenvalue weighted by Gasteiger charge is -2.14. The fraction of sp³-hybridized carbons (Fsp3) is 0.154. The van der Waals surface area contributed by atoms with E-state index in [9.17, 15) is 5.11 Å². The van der Waals surface area contributed by atoms with Gasteiger partial charge in [-0.05, 0) is 12.1 Å². The van der Waals surface area contributed by atoms with Crippen LogP contribution in [0.1, 0.15) is 5.56 Å². The maximum Gasteiger partial charge on any atom is 0.174 e. The molecular formula is C13H9Cl3N2O2. The monoisotopic (exact) mass is 330 g/mol. The van der Waals surface area contributed by atoms with Crippen LogP contribution >= 0.6 is 34.8 Å². The van der Waals surface area contributed by atoms with Crippen molar-refractivity contribution in [2.45, 2.75) is 12.6 Å². The molecule has 0 fully saturated rings. The van der Waals surface area contributed by atoms with Crippen LogP contribution in [0.4, 0.5) is 5.69 Å². The van der Waals surface area contributed by atoms with E-state index in [1.54, 1.807) is 12.4 Å². The fourth-order valence-electron chi connectivity index (χ4n) is 2.06. The number of aromatic nitrogens is 1. The van der Waals surface area contributed by atoms with Crippen molar-refractivity contribution >= 4 is 40.5 Å². The molecule has 0 aliphatic carbocycles. The average molecular weight is 332 g/mol. The molecule has 0 amide bonds. The van der Waals surface area contributed by atoms with Gasteiger partial charge in [-0.1, -0.05) is 34.8 Å². The fourth-order valence-corrected chi connectivity index (χ4v) is 2.80. The third-order valence-corrected chi connectivity index (χ3v) is 4.22. The zero-order valence-corrected chi connectivity index (χ0v) is 12.3. The summed E-state index contributed by atoms with van der Waals surface area (Å²) in [5.41, 5.74) is 1.45. The molecule has 2 aromatic rings. The first-order valence-corrected chi connectivity index (χ1v) is 6.93. The summed E-state index contributed by atoms with van der Waals surface area (Å²) in [5.74, 6) is 0.184. The highest BCUT2D eigenvalue weighted by Crippen LogP contribution is 2.50. The van der Waals surface area contributed by atoms with E-state index in [2.05, 4.69) is 10.3 Å². The number of nitrogens with one attached hydrogen (secondary N) is 1. The molecule has 1 atom stereocenters. The van der Waals surface area contributed by atoms with E-state index in [4.69, 9.17) is 39.5 Å². The number of pyridine rings is 1. The number of phenolic OH excluding ortho intramolecular Hbond substituents is 1. The molecule has 1 aromatic heterocycles. The van der Waals surface area contributed by atoms with Gasteiger partial charge in [-0.3, -0.25) is 4.98 Å². The van der Waals surface area contributed by atoms with Gasteiger partial charge in [-0.25, -0.2) is 0 Å². The molecule has 0 radical (unpaired) electrons. The molecule has 3 rings (SSSR count). The number of anilines is 1. The minimum absolute atomic E-state index is 0.00237. The van der Waals surface area contributed by atoms with Crippen LogP contribution in [0.3, 0.4) is 0 Å². The summed E-state index contributed by atoms with van der Waals surface area (Å²) in [4.78, 5) is 4.01. The SMILES string of the molecule is Oc1c(Cl)c(Cl)c2c(c1Cl)CC(Nc1cccnc1)O2. The van der Waals surface area contributed by atoms with Gasteiger partial charge in [0, 0.05) is 18.2 Å². The van der Waals surface area contributed by atoms with Crippen LogP contribution in [0.5, 0.6) is 11.5 Å². The lowest BCUT2D eigenvalue weighted by molar-refractivity contribution is 0.263. The molecule has 0 spiro atoms. The van der Waals surface area contributed by atoms with E-state index in [1.807, 2.05) is 12.1 Å². The van der Waals surface area contributed by atoms with Crippen molar-refractivity contribution in [2.24, 2.45) is 0 Å². The zero-order valence-electron chi connectivity index (χ0n) is 10.0. The van der Waals surface area contributed by atoms with E-state index < -0.39 is 0 Å². The Hall–Kier alpha value is -1.36. The second kappa shape index (κ2) is 5.20. The Morgan fingerprint density at radius 3 is 2.75 bits per heavy atom. The number of aromatic hydroxyl groups is 1. The molecule has 1 aromatic carbocycles. The Bertz CT molecular complexity index is 628. The van der Waals surface area contributed by atoms with Crippen LogP contribution in [0.15, 0.2) is 24.5 Å². The summed E-state index contributed by atoms with van der Waals surface area (Å²) in [5, 5.41) is 13.3. The van der Waals surface area contributed by atoms with E-state index >= 15 is 0 Å². The Labute approximate surface area is 130 Å². The normalized spacial score (nSPS) is 16.6. The van der Waals surface area contributed by atoms with E-state index in [1.165, 1.54) is 0 Å². The van der Waals surface area contributed by atoms with Crippen LogP contribution < -0.4 is 10.1 Å². The Morgan fingerprint density at radius 1 is 1.25 bits per heavy atom. The second-order valence-electron chi connectivity index (χ2n) is 4.29. The standard InChI is InChI=1S/C13H9Cl3N2O2/c14-9-7-4-8(18-6-2-1-3-17-5-6)20-13(7)11(16)10(15)12(9)19/h1-3,5,8,18-19H,4H2. The minimum atomic E-state index is -0.345. The number of hydrogen-bond donors (Lipinski definition) is 2. The zero-order chi connectivity index (χ0) is 14.3. The number of nitrogens with zero attached hydrogens (tertiary/aromatic N) is 1. The second-order valence-corrected chi connectivity index (χ2v) is 5.43. The van der Waals surface area contributed by atoms with Crippen LogP contribution in [0, 0.1) is 0 Å². The summed E-state index contributed by atoms with van der Waals surface area (Å²) >= 11 is 18.0. The molecular weight excluding hydrogens is 323 g/mol. The van der Waals surface area contributed by atoms with Crippen molar-refractivity contribution < 1.29 is 9.84 Å². The molecule has 2 N–H and O–H groups in total. The van der Waals surface area contributed by atoms with Crippen molar-refractivity contribution in [3.05, 3.63) is 45.2 Å². The molecule has 1 aliphatic heterocycles. The predicted molar refractivity (Wildman–Crippen MR) is 79.1 cm³/mol. The molecule has 0 saturated carbocycles. The molecule has 1 aliphatic rings. The minimum Gasteiger partial charge on any atom is -0.505 e. The predicted octanol–water partition coefficient (Wildman–Crippen LogP) is 4.12. The van der Waals surface area contributed by atoms with Crippen molar-refractivity contribution in [1.29, 1.82) is 0 Å². The third kappa shape index (κ3) is 2.24. The number of halogens is 3. The summed E-state index contributed by atoms with van der Waals surface area (Å²) in [6.45, 7) is 0. The first-order chi connectivity index (χ1) is 9.58. The number of ether oxygens (including phenoxy) is 1. The van der Waals surface area contributed by atoms with Gasteiger partial charge >= 0.3 is 0 Å². The van der Waals surface area contributed by atoms with Crippen molar-refractivity contribution in [3.8, 4) is 11.5 Å². The molecule has 4 nitrogen and oxygen atoms in total. The van der Waals surface area contributed by atoms with Gasteiger partial charge in [0.1, 0.15) is 15.8 Å². The Kier molecular flexibility index (Phi) is 3.54. The topological polar surface area (TPSA) is 54.4 Å². The molecule has 20 heavy (non-hydrogen) atoms. The number of fused-ring (bicyclic) bond motifs is 1. The van der Waals surface area contributed by atoms with E-state index in [0.29, 0.717) is 17.7 Å². The van der Waals surface area contributed by atoms with Crippen LogP contribution in [-0.4, -0.2) is 16.3 Å². The first kappa shape index (κ1) is 13.6. The van der Waals surface area contributed by atoms with Gasteiger partial charge in [0.25, 0.3) is 0 Å². The number of hydrogen-bond acceptors (Lipinski definition) is 4. The van der Waals surface area contributed by atoms with Crippen LogP contribution in [-0.2, 0) is 6.42 Å². The Morgan fingerprint density at radius 2 is 2.05 bits per heavy atom. The van der Waals surface area contributed by atoms with E-state index in [-0.39, 0.29) is 27.0 Å². The van der Waals surface area contributed by atoms with Gasteiger partial charge in [-0.15, -0.1) is 0 Å². The van der Waals surface area contributed by atoms with Crippen molar-refractivity contribution in [1.82, 2.24) is 4.98 Å². The van der Waals surface area contributed by atoms with Gasteiger partial charge < -0.3 is 15.2 Å². The maximum atomic E-state index is 9.79. The average Bonchev–Trinajstić information content (AvgIpc) is 2.88. The first-order valence-electron chi connectivity index (χ1n) is 5.79. The van der Waals surface area contributed by atoms with Crippen molar-refractivity contribution in [2.75, 3.05) is 5.32 Å². The molecule has 1 unspecified atom stereocenters. The lowest BCUT2D eigenvalue weighted by atomic mass is 10.1. The van der Waals surface area contributed by atoms with Gasteiger partial charge in [-0.2, -0.15) is 0 Å². The summed E-state index contributed by atoms with van der Waals surface area (Å²) in [6, 6.07) is 3.68. The molecule has 0 saturated heterocycles. The Balaban J connectivity index is 1.89. The number of rotatable bonds is 2. The van der Waals surface area contributed by atoms with Gasteiger partial charge in [0.2, 0.25) is 0 Å². The quantitative estimate of drug-likeness (QED) is 0.813. The summed E-state index contributed by atoms with van der Waals surface area (Å²) in [6.07, 6.45) is 3.48. The molecule has 7 heteroatoms. The van der Waals surface area contributed by atoms with Crippen LogP contribution in [0.25, 0.3) is 0 Å². The third-order valence-electron chi connectivity index (χ3n) is 2.99. The summed E-state index contributed by atoms with van der Waals surface area (Å²) in [7, 11) is 0. The van der Waals surface area contributed by atoms with Gasteiger partial charge in [0.05, 0.1) is 16.9 Å². The maximum absolute atomic E-state index is 9.79. The smallest absolute Gasteiger partial charge is 0.174 e. The van der Waals surface area contributed by atoms with E-state index in [0.717, 1.165) is 5.69 Å². The molecule has 2 heterocycles. The highest BCUT2D eigenvalue weighted by molar-refractivity contribution is 6.46. The van der Waals surface area contributed by atoms with Crippen molar-refractivity contribution in [3.63, 3.8) is 0 Å². The molecule has 104 valence electrons. The highest BCUT2D eigenvalue weighted by Gasteiger charge is 2.31. The number of phenols is 1. The number of benzene rings is 1. The molecule has 0 bridgehead atoms. The van der Waals surface area contributed by atoms with Gasteiger partial charge in [0.15, 0.2) is 12.0 Å².